The Labute approximate surface area is 118 Å². The number of hydrogen-bond donors (Lipinski definition) is 2. The first-order valence-corrected chi connectivity index (χ1v) is 5.96. The molecular formula is C12H12F3N5O. The number of halogens is 3. The van der Waals surface area contributed by atoms with Crippen LogP contribution in [0.4, 0.5) is 18.9 Å². The summed E-state index contributed by atoms with van der Waals surface area (Å²) < 4.78 is 37.4. The lowest BCUT2D eigenvalue weighted by atomic mass is 10.2. The highest BCUT2D eigenvalue weighted by atomic mass is 19.4. The maximum atomic E-state index is 11.9. The molecule has 1 heterocycles. The highest BCUT2D eigenvalue weighted by Gasteiger charge is 2.26. The molecule has 2 aromatic rings. The van der Waals surface area contributed by atoms with Gasteiger partial charge in [-0.1, -0.05) is 6.07 Å². The first-order chi connectivity index (χ1) is 9.94. The maximum absolute atomic E-state index is 11.9. The summed E-state index contributed by atoms with van der Waals surface area (Å²) in [4.78, 5) is 11.5. The zero-order valence-corrected chi connectivity index (χ0v) is 10.8. The van der Waals surface area contributed by atoms with Crippen LogP contribution in [0.3, 0.4) is 0 Å². The molecule has 112 valence electrons. The van der Waals surface area contributed by atoms with E-state index in [1.807, 2.05) is 5.32 Å². The fourth-order valence-electron chi connectivity index (χ4n) is 1.60. The van der Waals surface area contributed by atoms with E-state index >= 15 is 0 Å². The molecule has 0 spiro atoms. The summed E-state index contributed by atoms with van der Waals surface area (Å²) in [5.74, 6) is -0.555. The predicted molar refractivity (Wildman–Crippen MR) is 68.9 cm³/mol. The molecule has 0 fully saturated rings. The van der Waals surface area contributed by atoms with Crippen LogP contribution in [0.15, 0.2) is 36.9 Å². The van der Waals surface area contributed by atoms with Gasteiger partial charge in [-0.2, -0.15) is 13.2 Å². The molecule has 6 nitrogen and oxygen atoms in total. The number of alkyl halides is 3. The number of benzene rings is 1. The SMILES string of the molecule is O=C(CNCC(F)(F)F)Nc1cccc(-n2cnnc2)c1. The van der Waals surface area contributed by atoms with Gasteiger partial charge in [0.2, 0.25) is 5.91 Å². The molecule has 0 aliphatic heterocycles. The molecule has 0 aliphatic rings. The normalized spacial score (nSPS) is 11.4. The summed E-state index contributed by atoms with van der Waals surface area (Å²) in [5.41, 5.74) is 1.20. The molecule has 0 radical (unpaired) electrons. The summed E-state index contributed by atoms with van der Waals surface area (Å²) in [5, 5.41) is 11.9. The van der Waals surface area contributed by atoms with Gasteiger partial charge >= 0.3 is 6.18 Å². The monoisotopic (exact) mass is 299 g/mol. The Morgan fingerprint density at radius 3 is 2.62 bits per heavy atom. The summed E-state index contributed by atoms with van der Waals surface area (Å²) >= 11 is 0. The van der Waals surface area contributed by atoms with E-state index < -0.39 is 25.2 Å². The molecule has 0 saturated carbocycles. The minimum Gasteiger partial charge on any atom is -0.325 e. The van der Waals surface area contributed by atoms with Gasteiger partial charge in [0.05, 0.1) is 18.8 Å². The van der Waals surface area contributed by atoms with E-state index in [9.17, 15) is 18.0 Å². The number of nitrogens with one attached hydrogen (secondary N) is 2. The second kappa shape index (κ2) is 6.35. The average molecular weight is 299 g/mol. The van der Waals surface area contributed by atoms with Gasteiger partial charge in [-0.3, -0.25) is 9.36 Å². The summed E-state index contributed by atoms with van der Waals surface area (Å²) in [7, 11) is 0. The van der Waals surface area contributed by atoms with Gasteiger partial charge in [0, 0.05) is 5.69 Å². The van der Waals surface area contributed by atoms with Gasteiger partial charge in [0.1, 0.15) is 12.7 Å². The Morgan fingerprint density at radius 2 is 1.95 bits per heavy atom. The Balaban J connectivity index is 1.91. The van der Waals surface area contributed by atoms with Crippen molar-refractivity contribution in [1.29, 1.82) is 0 Å². The van der Waals surface area contributed by atoms with Gasteiger partial charge < -0.3 is 10.6 Å². The highest BCUT2D eigenvalue weighted by molar-refractivity contribution is 5.92. The minimum atomic E-state index is -4.34. The Bertz CT molecular complexity index is 597. The van der Waals surface area contributed by atoms with E-state index in [0.29, 0.717) is 5.69 Å². The molecule has 1 aromatic carbocycles. The van der Waals surface area contributed by atoms with Crippen LogP contribution in [0.2, 0.25) is 0 Å². The lowest BCUT2D eigenvalue weighted by molar-refractivity contribution is -0.126. The zero-order valence-electron chi connectivity index (χ0n) is 10.8. The van der Waals surface area contributed by atoms with Crippen molar-refractivity contribution in [3.8, 4) is 5.69 Å². The van der Waals surface area contributed by atoms with Gasteiger partial charge in [-0.25, -0.2) is 0 Å². The average Bonchev–Trinajstić information content (AvgIpc) is 2.91. The third-order valence-electron chi connectivity index (χ3n) is 2.46. The second-order valence-corrected chi connectivity index (χ2v) is 4.19. The van der Waals surface area contributed by atoms with Crippen molar-refractivity contribution in [1.82, 2.24) is 20.1 Å². The van der Waals surface area contributed by atoms with Crippen LogP contribution in [0.5, 0.6) is 0 Å². The van der Waals surface area contributed by atoms with E-state index in [4.69, 9.17) is 0 Å². The van der Waals surface area contributed by atoms with E-state index in [2.05, 4.69) is 15.5 Å². The number of rotatable bonds is 5. The van der Waals surface area contributed by atoms with Crippen molar-refractivity contribution in [2.24, 2.45) is 0 Å². The van der Waals surface area contributed by atoms with Crippen molar-refractivity contribution in [2.45, 2.75) is 6.18 Å². The third kappa shape index (κ3) is 4.88. The van der Waals surface area contributed by atoms with Crippen molar-refractivity contribution >= 4 is 11.6 Å². The predicted octanol–water partition coefficient (Wildman–Crippen LogP) is 1.36. The van der Waals surface area contributed by atoms with Gasteiger partial charge in [-0.15, -0.1) is 10.2 Å². The quantitative estimate of drug-likeness (QED) is 0.874. The molecule has 0 saturated heterocycles. The zero-order chi connectivity index (χ0) is 15.3. The molecule has 9 heteroatoms. The van der Waals surface area contributed by atoms with Crippen LogP contribution < -0.4 is 10.6 Å². The number of nitrogens with zero attached hydrogens (tertiary/aromatic N) is 3. The molecule has 1 amide bonds. The minimum absolute atomic E-state index is 0.420. The topological polar surface area (TPSA) is 71.8 Å². The molecule has 0 bridgehead atoms. The van der Waals surface area contributed by atoms with Crippen LogP contribution in [-0.4, -0.2) is 39.9 Å². The highest BCUT2D eigenvalue weighted by Crippen LogP contribution is 2.14. The number of carbonyl (C=O) groups excluding carboxylic acids is 1. The Kier molecular flexibility index (Phi) is 4.53. The first-order valence-electron chi connectivity index (χ1n) is 5.96. The number of amides is 1. The third-order valence-corrected chi connectivity index (χ3v) is 2.46. The molecule has 2 rings (SSSR count). The van der Waals surface area contributed by atoms with Gasteiger partial charge in [0.25, 0.3) is 0 Å². The van der Waals surface area contributed by atoms with Crippen LogP contribution in [-0.2, 0) is 4.79 Å². The lowest BCUT2D eigenvalue weighted by Crippen LogP contribution is -2.35. The summed E-state index contributed by atoms with van der Waals surface area (Å²) in [6, 6.07) is 6.77. The maximum Gasteiger partial charge on any atom is 0.401 e. The molecule has 21 heavy (non-hydrogen) atoms. The van der Waals surface area contributed by atoms with Crippen LogP contribution in [0.1, 0.15) is 0 Å². The standard InChI is InChI=1S/C12H12F3N5O/c13-12(14,15)6-16-5-11(21)19-9-2-1-3-10(4-9)20-7-17-18-8-20/h1-4,7-8,16H,5-6H2,(H,19,21). The van der Waals surface area contributed by atoms with Crippen molar-refractivity contribution in [3.05, 3.63) is 36.9 Å². The number of aromatic nitrogens is 3. The molecule has 0 aliphatic carbocycles. The molecule has 2 N–H and O–H groups in total. The largest absolute Gasteiger partial charge is 0.401 e. The Hall–Kier alpha value is -2.42. The number of anilines is 1. The van der Waals surface area contributed by atoms with Crippen LogP contribution in [0.25, 0.3) is 5.69 Å². The molecule has 0 unspecified atom stereocenters. The lowest BCUT2D eigenvalue weighted by Gasteiger charge is -2.09. The van der Waals surface area contributed by atoms with E-state index in [-0.39, 0.29) is 0 Å². The summed E-state index contributed by atoms with van der Waals surface area (Å²) in [6.07, 6.45) is -1.35. The first kappa shape index (κ1) is 15.0. The van der Waals surface area contributed by atoms with E-state index in [0.717, 1.165) is 5.69 Å². The number of carbonyl (C=O) groups is 1. The smallest absolute Gasteiger partial charge is 0.325 e. The number of hydrogen-bond acceptors (Lipinski definition) is 4. The van der Waals surface area contributed by atoms with Crippen molar-refractivity contribution in [2.75, 3.05) is 18.4 Å². The van der Waals surface area contributed by atoms with Crippen LogP contribution in [0, 0.1) is 0 Å². The Morgan fingerprint density at radius 1 is 1.24 bits per heavy atom. The van der Waals surface area contributed by atoms with E-state index in [1.165, 1.54) is 12.7 Å². The fraction of sp³-hybridized carbons (Fsp3) is 0.250. The van der Waals surface area contributed by atoms with Gasteiger partial charge in [0.15, 0.2) is 0 Å². The second-order valence-electron chi connectivity index (χ2n) is 4.19. The van der Waals surface area contributed by atoms with Gasteiger partial charge in [-0.05, 0) is 18.2 Å². The molecular weight excluding hydrogens is 287 g/mol. The van der Waals surface area contributed by atoms with Crippen molar-refractivity contribution < 1.29 is 18.0 Å². The van der Waals surface area contributed by atoms with E-state index in [1.54, 1.807) is 28.8 Å². The fourth-order valence-corrected chi connectivity index (χ4v) is 1.60. The van der Waals surface area contributed by atoms with Crippen molar-refractivity contribution in [3.63, 3.8) is 0 Å². The molecule has 0 atom stereocenters. The molecule has 1 aromatic heterocycles. The van der Waals surface area contributed by atoms with Crippen LogP contribution >= 0.6 is 0 Å². The summed E-state index contributed by atoms with van der Waals surface area (Å²) in [6.45, 7) is -1.63.